The van der Waals surface area contributed by atoms with E-state index in [0.29, 0.717) is 13.2 Å². The van der Waals surface area contributed by atoms with Crippen LogP contribution in [0, 0.1) is 11.8 Å². The summed E-state index contributed by atoms with van der Waals surface area (Å²) in [5, 5.41) is 11.4. The maximum absolute atomic E-state index is 11.4. The lowest BCUT2D eigenvalue weighted by Gasteiger charge is -2.09. The fourth-order valence-corrected chi connectivity index (χ4v) is 1.70. The Balaban J connectivity index is 1.90. The van der Waals surface area contributed by atoms with Gasteiger partial charge in [-0.3, -0.25) is 9.59 Å². The summed E-state index contributed by atoms with van der Waals surface area (Å²) in [5.41, 5.74) is 0. The summed E-state index contributed by atoms with van der Waals surface area (Å²) >= 11 is 0. The monoisotopic (exact) mass is 257 g/mol. The molecule has 1 unspecified atom stereocenters. The highest BCUT2D eigenvalue weighted by Crippen LogP contribution is 2.28. The number of carboxylic acids is 1. The van der Waals surface area contributed by atoms with Crippen molar-refractivity contribution < 1.29 is 19.4 Å². The quantitative estimate of drug-likeness (QED) is 0.580. The van der Waals surface area contributed by atoms with Crippen LogP contribution in [0.1, 0.15) is 39.0 Å². The van der Waals surface area contributed by atoms with E-state index in [0.717, 1.165) is 18.9 Å². The van der Waals surface area contributed by atoms with Crippen LogP contribution in [0.3, 0.4) is 0 Å². The zero-order chi connectivity index (χ0) is 13.4. The van der Waals surface area contributed by atoms with E-state index >= 15 is 0 Å². The van der Waals surface area contributed by atoms with E-state index in [2.05, 4.69) is 5.32 Å². The molecule has 0 radical (unpaired) electrons. The van der Waals surface area contributed by atoms with Gasteiger partial charge in [0.05, 0.1) is 0 Å². The maximum Gasteiger partial charge on any atom is 0.303 e. The molecule has 1 saturated carbocycles. The molecule has 1 rings (SSSR count). The third kappa shape index (κ3) is 8.06. The molecule has 5 nitrogen and oxygen atoms in total. The molecule has 0 aliphatic heterocycles. The summed E-state index contributed by atoms with van der Waals surface area (Å²) in [4.78, 5) is 21.9. The molecule has 0 heterocycles. The van der Waals surface area contributed by atoms with Crippen LogP contribution in [0.5, 0.6) is 0 Å². The molecule has 0 spiro atoms. The summed E-state index contributed by atoms with van der Waals surface area (Å²) in [6.45, 7) is 3.90. The molecule has 1 aliphatic rings. The molecule has 18 heavy (non-hydrogen) atoms. The van der Waals surface area contributed by atoms with Gasteiger partial charge >= 0.3 is 5.97 Å². The van der Waals surface area contributed by atoms with Crippen molar-refractivity contribution in [3.05, 3.63) is 0 Å². The molecule has 0 saturated heterocycles. The Morgan fingerprint density at radius 1 is 1.39 bits per heavy atom. The van der Waals surface area contributed by atoms with Crippen LogP contribution in [-0.4, -0.2) is 36.7 Å². The van der Waals surface area contributed by atoms with Gasteiger partial charge in [-0.15, -0.1) is 0 Å². The number of carbonyl (C=O) groups excluding carboxylic acids is 1. The second kappa shape index (κ2) is 8.08. The van der Waals surface area contributed by atoms with E-state index < -0.39 is 5.97 Å². The highest BCUT2D eigenvalue weighted by Gasteiger charge is 2.20. The van der Waals surface area contributed by atoms with E-state index in [4.69, 9.17) is 9.84 Å². The number of hydrogen-bond acceptors (Lipinski definition) is 3. The van der Waals surface area contributed by atoms with E-state index in [1.54, 1.807) is 6.92 Å². The number of carbonyl (C=O) groups is 2. The first-order valence-corrected chi connectivity index (χ1v) is 6.64. The van der Waals surface area contributed by atoms with Crippen molar-refractivity contribution in [2.45, 2.75) is 39.0 Å². The van der Waals surface area contributed by atoms with Crippen LogP contribution in [0.2, 0.25) is 0 Å². The molecular weight excluding hydrogens is 234 g/mol. The van der Waals surface area contributed by atoms with Gasteiger partial charge in [-0.2, -0.15) is 0 Å². The fourth-order valence-electron chi connectivity index (χ4n) is 1.70. The lowest BCUT2D eigenvalue weighted by molar-refractivity contribution is -0.138. The van der Waals surface area contributed by atoms with Crippen molar-refractivity contribution in [3.63, 3.8) is 0 Å². The van der Waals surface area contributed by atoms with Crippen LogP contribution in [-0.2, 0) is 14.3 Å². The number of rotatable bonds is 10. The molecule has 1 atom stereocenters. The van der Waals surface area contributed by atoms with Crippen molar-refractivity contribution in [1.29, 1.82) is 0 Å². The molecule has 1 aliphatic carbocycles. The summed E-state index contributed by atoms with van der Waals surface area (Å²) in [6, 6.07) is 0. The predicted molar refractivity (Wildman–Crippen MR) is 67.2 cm³/mol. The first kappa shape index (κ1) is 15.0. The molecule has 2 N–H and O–H groups in total. The van der Waals surface area contributed by atoms with E-state index in [1.807, 2.05) is 0 Å². The highest BCUT2D eigenvalue weighted by molar-refractivity contribution is 5.77. The lowest BCUT2D eigenvalue weighted by atomic mass is 10.0. The number of amides is 1. The maximum atomic E-state index is 11.4. The first-order chi connectivity index (χ1) is 8.58. The lowest BCUT2D eigenvalue weighted by Crippen LogP contribution is -2.27. The Kier molecular flexibility index (Phi) is 6.72. The van der Waals surface area contributed by atoms with Gasteiger partial charge < -0.3 is 15.2 Å². The van der Waals surface area contributed by atoms with Crippen molar-refractivity contribution in [1.82, 2.24) is 5.32 Å². The smallest absolute Gasteiger partial charge is 0.303 e. The van der Waals surface area contributed by atoms with Crippen LogP contribution in [0.25, 0.3) is 0 Å². The van der Waals surface area contributed by atoms with Gasteiger partial charge in [0.15, 0.2) is 0 Å². The zero-order valence-corrected chi connectivity index (χ0v) is 11.0. The normalized spacial score (nSPS) is 16.3. The predicted octanol–water partition coefficient (Wildman–Crippen LogP) is 1.42. The van der Waals surface area contributed by atoms with Crippen molar-refractivity contribution in [3.8, 4) is 0 Å². The summed E-state index contributed by atoms with van der Waals surface area (Å²) < 4.78 is 5.44. The molecule has 0 bridgehead atoms. The van der Waals surface area contributed by atoms with Gasteiger partial charge in [0.25, 0.3) is 0 Å². The number of hydrogen-bond donors (Lipinski definition) is 2. The van der Waals surface area contributed by atoms with Crippen molar-refractivity contribution in [2.24, 2.45) is 11.8 Å². The Morgan fingerprint density at radius 2 is 2.11 bits per heavy atom. The minimum Gasteiger partial charge on any atom is -0.481 e. The van der Waals surface area contributed by atoms with Gasteiger partial charge in [0.1, 0.15) is 0 Å². The minimum absolute atomic E-state index is 0.0396. The van der Waals surface area contributed by atoms with E-state index in [-0.39, 0.29) is 24.7 Å². The SMILES string of the molecule is CC(CC(=O)O)CC(=O)NCCCOCC1CC1. The first-order valence-electron chi connectivity index (χ1n) is 6.64. The molecule has 0 aromatic heterocycles. The molecule has 5 heteroatoms. The zero-order valence-electron chi connectivity index (χ0n) is 11.0. The largest absolute Gasteiger partial charge is 0.481 e. The van der Waals surface area contributed by atoms with E-state index in [9.17, 15) is 9.59 Å². The average molecular weight is 257 g/mol. The Labute approximate surface area is 108 Å². The van der Waals surface area contributed by atoms with Gasteiger partial charge in [0, 0.05) is 32.6 Å². The van der Waals surface area contributed by atoms with Crippen LogP contribution in [0.15, 0.2) is 0 Å². The Hall–Kier alpha value is -1.10. The van der Waals surface area contributed by atoms with Crippen LogP contribution >= 0.6 is 0 Å². The summed E-state index contributed by atoms with van der Waals surface area (Å²) in [7, 11) is 0. The minimum atomic E-state index is -0.858. The standard InChI is InChI=1S/C13H23NO4/c1-10(8-13(16)17)7-12(15)14-5-2-6-18-9-11-3-4-11/h10-11H,2-9H2,1H3,(H,14,15)(H,16,17). The number of ether oxygens (including phenoxy) is 1. The van der Waals surface area contributed by atoms with Gasteiger partial charge in [-0.05, 0) is 31.1 Å². The Bertz CT molecular complexity index is 276. The molecule has 0 aromatic rings. The second-order valence-corrected chi connectivity index (χ2v) is 5.13. The number of nitrogens with one attached hydrogen (secondary N) is 1. The number of aliphatic carboxylic acids is 1. The molecule has 1 fully saturated rings. The summed E-state index contributed by atoms with van der Waals surface area (Å²) in [6.07, 6.45) is 3.70. The van der Waals surface area contributed by atoms with Crippen LogP contribution < -0.4 is 5.32 Å². The average Bonchev–Trinajstić information content (AvgIpc) is 3.05. The molecule has 1 amide bonds. The van der Waals surface area contributed by atoms with Gasteiger partial charge in [-0.1, -0.05) is 6.92 Å². The van der Waals surface area contributed by atoms with Gasteiger partial charge in [0.2, 0.25) is 5.91 Å². The van der Waals surface area contributed by atoms with Crippen LogP contribution in [0.4, 0.5) is 0 Å². The highest BCUT2D eigenvalue weighted by atomic mass is 16.5. The van der Waals surface area contributed by atoms with Gasteiger partial charge in [-0.25, -0.2) is 0 Å². The third-order valence-electron chi connectivity index (χ3n) is 2.90. The number of carboxylic acid groups (broad SMARTS) is 1. The third-order valence-corrected chi connectivity index (χ3v) is 2.90. The topological polar surface area (TPSA) is 75.6 Å². The second-order valence-electron chi connectivity index (χ2n) is 5.13. The van der Waals surface area contributed by atoms with Crippen molar-refractivity contribution in [2.75, 3.05) is 19.8 Å². The molecule has 0 aromatic carbocycles. The Morgan fingerprint density at radius 3 is 2.72 bits per heavy atom. The molecule has 104 valence electrons. The summed E-state index contributed by atoms with van der Waals surface area (Å²) in [5.74, 6) is -0.278. The fraction of sp³-hybridized carbons (Fsp3) is 0.846. The van der Waals surface area contributed by atoms with Crippen molar-refractivity contribution >= 4 is 11.9 Å². The molecular formula is C13H23NO4. The van der Waals surface area contributed by atoms with E-state index in [1.165, 1.54) is 12.8 Å².